The lowest BCUT2D eigenvalue weighted by Gasteiger charge is -2.10. The summed E-state index contributed by atoms with van der Waals surface area (Å²) in [5, 5.41) is 2.72. The van der Waals surface area contributed by atoms with Crippen LogP contribution in [-0.2, 0) is 4.74 Å². The average molecular weight is 334 g/mol. The number of ether oxygens (including phenoxy) is 1. The average Bonchev–Trinajstić information content (AvgIpc) is 2.85. The molecular weight excluding hydrogens is 316 g/mol. The van der Waals surface area contributed by atoms with Crippen LogP contribution in [0.3, 0.4) is 0 Å². The van der Waals surface area contributed by atoms with Crippen molar-refractivity contribution < 1.29 is 14.3 Å². The van der Waals surface area contributed by atoms with E-state index in [-0.39, 0.29) is 0 Å². The van der Waals surface area contributed by atoms with Crippen molar-refractivity contribution in [3.8, 4) is 0 Å². The van der Waals surface area contributed by atoms with Crippen LogP contribution in [0.15, 0.2) is 35.3 Å². The maximum absolute atomic E-state index is 12.1. The summed E-state index contributed by atoms with van der Waals surface area (Å²) in [7, 11) is 1.32. The molecule has 0 fully saturated rings. The monoisotopic (exact) mass is 334 g/mol. The molecule has 0 aliphatic carbocycles. The van der Waals surface area contributed by atoms with E-state index in [0.29, 0.717) is 27.6 Å². The molecule has 7 nitrogen and oxygen atoms in total. The van der Waals surface area contributed by atoms with Gasteiger partial charge >= 0.3 is 12.0 Å². The minimum atomic E-state index is -0.455. The number of hydrogen-bond donors (Lipinski definition) is 2. The lowest BCUT2D eigenvalue weighted by molar-refractivity contribution is 0.0605. The number of nitrogens with one attached hydrogen (secondary N) is 2. The van der Waals surface area contributed by atoms with Crippen LogP contribution in [0.2, 0.25) is 0 Å². The van der Waals surface area contributed by atoms with Gasteiger partial charge in [0.2, 0.25) is 4.80 Å². The zero-order valence-corrected chi connectivity index (χ0v) is 13.9. The molecule has 1 aromatic carbocycles. The fourth-order valence-electron chi connectivity index (χ4n) is 1.89. The van der Waals surface area contributed by atoms with E-state index in [0.717, 1.165) is 0 Å². The molecule has 0 aliphatic rings. The molecule has 2 rings (SSSR count). The lowest BCUT2D eigenvalue weighted by Crippen LogP contribution is -2.34. The number of anilines is 1. The molecule has 0 bridgehead atoms. The topological polar surface area (TPSA) is 84.7 Å². The molecule has 0 atom stereocenters. The number of rotatable bonds is 4. The first kappa shape index (κ1) is 16.8. The van der Waals surface area contributed by atoms with Gasteiger partial charge in [0.25, 0.3) is 0 Å². The van der Waals surface area contributed by atoms with Gasteiger partial charge in [0.15, 0.2) is 0 Å². The smallest absolute Gasteiger partial charge is 0.350 e. The van der Waals surface area contributed by atoms with Crippen LogP contribution in [-0.4, -0.2) is 30.3 Å². The molecule has 2 N–H and O–H groups in total. The highest BCUT2D eigenvalue weighted by molar-refractivity contribution is 7.11. The molecule has 0 aliphatic heterocycles. The summed E-state index contributed by atoms with van der Waals surface area (Å²) in [5.41, 5.74) is 3.92. The summed E-state index contributed by atoms with van der Waals surface area (Å²) in [6.07, 6.45) is 0. The molecule has 1 aromatic heterocycles. The van der Waals surface area contributed by atoms with Crippen molar-refractivity contribution >= 4 is 29.0 Å². The Hall–Kier alpha value is -2.61. The number of benzene rings is 1. The predicted octanol–water partition coefficient (Wildman–Crippen LogP) is 2.34. The normalized spacial score (nSPS) is 11.2. The van der Waals surface area contributed by atoms with Gasteiger partial charge in [0.1, 0.15) is 4.88 Å². The maximum atomic E-state index is 12.1. The minimum Gasteiger partial charge on any atom is -0.465 e. The number of amides is 2. The summed E-state index contributed by atoms with van der Waals surface area (Å²) < 4.78 is 6.24. The standard InChI is InChI=1S/C15H18N4O3S/c1-4-16-15-19(10(2)12(23-15)13(20)22-3)18-14(21)17-11-8-6-5-7-9-11/h5-9H,4H2,1-3H3,(H2,17,18,21). The van der Waals surface area contributed by atoms with E-state index in [9.17, 15) is 9.59 Å². The number of methoxy groups -OCH3 is 1. The van der Waals surface area contributed by atoms with E-state index < -0.39 is 12.0 Å². The highest BCUT2D eigenvalue weighted by Crippen LogP contribution is 2.12. The molecule has 0 radical (unpaired) electrons. The predicted molar refractivity (Wildman–Crippen MR) is 89.3 cm³/mol. The summed E-state index contributed by atoms with van der Waals surface area (Å²) in [6, 6.07) is 8.65. The van der Waals surface area contributed by atoms with Crippen LogP contribution in [0.5, 0.6) is 0 Å². The molecule has 23 heavy (non-hydrogen) atoms. The number of thiazole rings is 1. The fraction of sp³-hybridized carbons (Fsp3) is 0.267. The largest absolute Gasteiger partial charge is 0.465 e. The first-order valence-corrected chi connectivity index (χ1v) is 7.82. The zero-order valence-electron chi connectivity index (χ0n) is 13.1. The number of aromatic nitrogens is 1. The summed E-state index contributed by atoms with van der Waals surface area (Å²) in [4.78, 5) is 29.1. The molecule has 8 heteroatoms. The van der Waals surface area contributed by atoms with Gasteiger partial charge in [-0.15, -0.1) is 0 Å². The second-order valence-electron chi connectivity index (χ2n) is 4.53. The van der Waals surface area contributed by atoms with Crippen molar-refractivity contribution in [2.45, 2.75) is 13.8 Å². The van der Waals surface area contributed by atoms with Crippen molar-refractivity contribution in [1.29, 1.82) is 0 Å². The quantitative estimate of drug-likeness (QED) is 0.842. The van der Waals surface area contributed by atoms with Gasteiger partial charge in [0.05, 0.1) is 12.8 Å². The first-order chi connectivity index (χ1) is 11.1. The van der Waals surface area contributed by atoms with Crippen LogP contribution in [0.4, 0.5) is 10.5 Å². The highest BCUT2D eigenvalue weighted by Gasteiger charge is 2.18. The molecule has 2 aromatic rings. The van der Waals surface area contributed by atoms with Crippen molar-refractivity contribution in [3.05, 3.63) is 45.7 Å². The Bertz CT molecular complexity index is 765. The molecule has 122 valence electrons. The molecule has 0 spiro atoms. The second kappa shape index (κ2) is 7.59. The van der Waals surface area contributed by atoms with Crippen LogP contribution >= 0.6 is 11.3 Å². The number of para-hydroxylation sites is 1. The van der Waals surface area contributed by atoms with E-state index in [4.69, 9.17) is 4.74 Å². The number of carbonyl (C=O) groups excluding carboxylic acids is 2. The maximum Gasteiger partial charge on any atom is 0.350 e. The van der Waals surface area contributed by atoms with Crippen molar-refractivity contribution in [2.24, 2.45) is 4.99 Å². The van der Waals surface area contributed by atoms with E-state index in [2.05, 4.69) is 15.7 Å². The third-order valence-electron chi connectivity index (χ3n) is 2.96. The van der Waals surface area contributed by atoms with Crippen LogP contribution in [0.25, 0.3) is 0 Å². The zero-order chi connectivity index (χ0) is 16.8. The van der Waals surface area contributed by atoms with Crippen LogP contribution in [0.1, 0.15) is 22.3 Å². The van der Waals surface area contributed by atoms with E-state index in [1.807, 2.05) is 25.1 Å². The van der Waals surface area contributed by atoms with Gasteiger partial charge in [-0.3, -0.25) is 4.99 Å². The molecule has 0 saturated carbocycles. The lowest BCUT2D eigenvalue weighted by atomic mass is 10.3. The van der Waals surface area contributed by atoms with Gasteiger partial charge in [-0.25, -0.2) is 19.7 Å². The third-order valence-corrected chi connectivity index (χ3v) is 4.12. The summed E-state index contributed by atoms with van der Waals surface area (Å²) in [6.45, 7) is 4.13. The van der Waals surface area contributed by atoms with Crippen molar-refractivity contribution in [2.75, 3.05) is 24.4 Å². The first-order valence-electron chi connectivity index (χ1n) is 7.01. The molecule has 0 saturated heterocycles. The Labute approximate surface area is 137 Å². The summed E-state index contributed by atoms with van der Waals surface area (Å²) >= 11 is 1.17. The summed E-state index contributed by atoms with van der Waals surface area (Å²) in [5.74, 6) is -0.455. The fourth-order valence-corrected chi connectivity index (χ4v) is 2.95. The number of carbonyl (C=O) groups is 2. The number of nitrogens with zero attached hydrogens (tertiary/aromatic N) is 2. The van der Waals surface area contributed by atoms with Gasteiger partial charge in [0, 0.05) is 12.2 Å². The Morgan fingerprint density at radius 3 is 2.61 bits per heavy atom. The van der Waals surface area contributed by atoms with Crippen LogP contribution in [0, 0.1) is 6.92 Å². The molecule has 2 amide bonds. The molecule has 0 unspecified atom stereocenters. The van der Waals surface area contributed by atoms with Crippen molar-refractivity contribution in [3.63, 3.8) is 0 Å². The SMILES string of the molecule is CCN=c1sc(C(=O)OC)c(C)n1NC(=O)Nc1ccccc1. The third kappa shape index (κ3) is 3.98. The van der Waals surface area contributed by atoms with E-state index in [1.54, 1.807) is 19.1 Å². The Balaban J connectivity index is 2.28. The van der Waals surface area contributed by atoms with Gasteiger partial charge < -0.3 is 10.1 Å². The Morgan fingerprint density at radius 2 is 2.00 bits per heavy atom. The molecule has 1 heterocycles. The number of esters is 1. The number of hydrogen-bond acceptors (Lipinski definition) is 5. The second-order valence-corrected chi connectivity index (χ2v) is 5.51. The molecular formula is C15H18N4O3S. The highest BCUT2D eigenvalue weighted by atomic mass is 32.1. The Kier molecular flexibility index (Phi) is 5.53. The number of urea groups is 1. The van der Waals surface area contributed by atoms with Crippen molar-refractivity contribution in [1.82, 2.24) is 4.68 Å². The van der Waals surface area contributed by atoms with E-state index >= 15 is 0 Å². The minimum absolute atomic E-state index is 0.403. The van der Waals surface area contributed by atoms with Crippen LogP contribution < -0.4 is 15.5 Å². The van der Waals surface area contributed by atoms with Gasteiger partial charge in [-0.1, -0.05) is 29.5 Å². The van der Waals surface area contributed by atoms with Gasteiger partial charge in [-0.05, 0) is 26.0 Å². The van der Waals surface area contributed by atoms with E-state index in [1.165, 1.54) is 23.1 Å². The Morgan fingerprint density at radius 1 is 1.30 bits per heavy atom. The van der Waals surface area contributed by atoms with Gasteiger partial charge in [-0.2, -0.15) is 0 Å².